The lowest BCUT2D eigenvalue weighted by molar-refractivity contribution is -0.133. The van der Waals surface area contributed by atoms with Crippen LogP contribution in [-0.4, -0.2) is 29.2 Å². The number of amides is 3. The molecule has 0 saturated heterocycles. The van der Waals surface area contributed by atoms with Crippen LogP contribution < -0.4 is 10.6 Å². The van der Waals surface area contributed by atoms with Crippen LogP contribution in [-0.2, 0) is 20.8 Å². The summed E-state index contributed by atoms with van der Waals surface area (Å²) >= 11 is 0. The van der Waals surface area contributed by atoms with Crippen molar-refractivity contribution < 1.29 is 14.4 Å². The first-order valence-electron chi connectivity index (χ1n) is 11.0. The second-order valence-corrected chi connectivity index (χ2v) is 8.56. The summed E-state index contributed by atoms with van der Waals surface area (Å²) in [6.07, 6.45) is 2.99. The molecule has 1 aliphatic carbocycles. The van der Waals surface area contributed by atoms with Crippen LogP contribution in [0.2, 0.25) is 0 Å². The molecular formula is C25H29N3O3. The van der Waals surface area contributed by atoms with Crippen LogP contribution >= 0.6 is 0 Å². The van der Waals surface area contributed by atoms with E-state index < -0.39 is 0 Å². The van der Waals surface area contributed by atoms with E-state index in [-0.39, 0.29) is 42.1 Å². The van der Waals surface area contributed by atoms with Gasteiger partial charge >= 0.3 is 0 Å². The summed E-state index contributed by atoms with van der Waals surface area (Å²) in [6, 6.07) is 15.2. The molecule has 1 heterocycles. The van der Waals surface area contributed by atoms with Crippen molar-refractivity contribution in [2.45, 2.75) is 51.6 Å². The Balaban J connectivity index is 1.39. The van der Waals surface area contributed by atoms with Gasteiger partial charge in [-0.2, -0.15) is 0 Å². The van der Waals surface area contributed by atoms with E-state index in [1.807, 2.05) is 49.4 Å². The predicted molar refractivity (Wildman–Crippen MR) is 119 cm³/mol. The van der Waals surface area contributed by atoms with Crippen LogP contribution in [0.3, 0.4) is 0 Å². The van der Waals surface area contributed by atoms with Gasteiger partial charge in [-0.25, -0.2) is 0 Å². The molecule has 2 atom stereocenters. The Morgan fingerprint density at radius 2 is 1.77 bits per heavy atom. The Morgan fingerprint density at radius 1 is 1.06 bits per heavy atom. The normalized spacial score (nSPS) is 18.6. The second kappa shape index (κ2) is 8.92. The summed E-state index contributed by atoms with van der Waals surface area (Å²) < 4.78 is 0. The standard InChI is InChI=1S/C25H29N3O3/c1-16(18-9-11-21(12-10-18)27-25(31)20-7-8-20)26-24(30)15-23-22-6-4-3-5-19(22)13-14-28(23)17(2)29/h3-6,9-12,16,20,23H,7-8,13-15H2,1-2H3,(H,26,30)(H,27,31). The van der Waals surface area contributed by atoms with Gasteiger partial charge in [0.05, 0.1) is 18.5 Å². The van der Waals surface area contributed by atoms with Crippen molar-refractivity contribution >= 4 is 23.4 Å². The fraction of sp³-hybridized carbons (Fsp3) is 0.400. The highest BCUT2D eigenvalue weighted by atomic mass is 16.2. The maximum Gasteiger partial charge on any atom is 0.227 e. The minimum Gasteiger partial charge on any atom is -0.350 e. The average molecular weight is 420 g/mol. The number of carbonyl (C=O) groups is 3. The van der Waals surface area contributed by atoms with E-state index in [0.29, 0.717) is 6.54 Å². The van der Waals surface area contributed by atoms with Gasteiger partial charge in [0, 0.05) is 25.1 Å². The lowest BCUT2D eigenvalue weighted by Gasteiger charge is -2.36. The minimum absolute atomic E-state index is 0.0100. The van der Waals surface area contributed by atoms with Gasteiger partial charge in [0.25, 0.3) is 0 Å². The largest absolute Gasteiger partial charge is 0.350 e. The zero-order chi connectivity index (χ0) is 22.0. The number of rotatable bonds is 6. The van der Waals surface area contributed by atoms with Crippen molar-refractivity contribution in [1.29, 1.82) is 0 Å². The van der Waals surface area contributed by atoms with Gasteiger partial charge in [-0.05, 0) is 55.0 Å². The molecule has 0 bridgehead atoms. The van der Waals surface area contributed by atoms with Crippen LogP contribution in [0.4, 0.5) is 5.69 Å². The Kier molecular flexibility index (Phi) is 6.07. The zero-order valence-corrected chi connectivity index (χ0v) is 18.1. The summed E-state index contributed by atoms with van der Waals surface area (Å²) in [5.41, 5.74) is 4.00. The summed E-state index contributed by atoms with van der Waals surface area (Å²) in [5.74, 6) is 0.144. The molecular weight excluding hydrogens is 390 g/mol. The maximum absolute atomic E-state index is 12.9. The molecule has 1 aliphatic heterocycles. The van der Waals surface area contributed by atoms with Gasteiger partial charge in [0.15, 0.2) is 0 Å². The Labute approximate surface area is 183 Å². The van der Waals surface area contributed by atoms with Crippen LogP contribution in [0, 0.1) is 5.92 Å². The first kappa shape index (κ1) is 21.1. The number of nitrogens with one attached hydrogen (secondary N) is 2. The molecule has 3 amide bonds. The molecule has 2 unspecified atom stereocenters. The highest BCUT2D eigenvalue weighted by Crippen LogP contribution is 2.33. The molecule has 6 nitrogen and oxygen atoms in total. The van der Waals surface area contributed by atoms with Gasteiger partial charge < -0.3 is 15.5 Å². The monoisotopic (exact) mass is 419 g/mol. The average Bonchev–Trinajstić information content (AvgIpc) is 3.59. The third kappa shape index (κ3) is 4.95. The first-order valence-corrected chi connectivity index (χ1v) is 11.0. The zero-order valence-electron chi connectivity index (χ0n) is 18.1. The lowest BCUT2D eigenvalue weighted by atomic mass is 9.90. The minimum atomic E-state index is -0.241. The number of hydrogen-bond acceptors (Lipinski definition) is 3. The van der Waals surface area contributed by atoms with Gasteiger partial charge in [0.1, 0.15) is 0 Å². The summed E-state index contributed by atoms with van der Waals surface area (Å²) in [6.45, 7) is 4.13. The van der Waals surface area contributed by atoms with Crippen LogP contribution in [0.1, 0.15) is 61.9 Å². The Hall–Kier alpha value is -3.15. The molecule has 1 saturated carbocycles. The van der Waals surface area contributed by atoms with E-state index in [2.05, 4.69) is 16.7 Å². The molecule has 4 rings (SSSR count). The molecule has 0 spiro atoms. The maximum atomic E-state index is 12.9. The smallest absolute Gasteiger partial charge is 0.227 e. The van der Waals surface area contributed by atoms with Crippen molar-refractivity contribution in [1.82, 2.24) is 10.2 Å². The molecule has 2 aromatic carbocycles. The fourth-order valence-electron chi connectivity index (χ4n) is 4.25. The number of hydrogen-bond donors (Lipinski definition) is 2. The molecule has 2 aliphatic rings. The third-order valence-corrected chi connectivity index (χ3v) is 6.20. The highest BCUT2D eigenvalue weighted by molar-refractivity contribution is 5.94. The quantitative estimate of drug-likeness (QED) is 0.749. The van der Waals surface area contributed by atoms with Crippen LogP contribution in [0.5, 0.6) is 0 Å². The van der Waals surface area contributed by atoms with E-state index in [4.69, 9.17) is 0 Å². The number of benzene rings is 2. The molecule has 2 aromatic rings. The number of nitrogens with zero attached hydrogens (tertiary/aromatic N) is 1. The Morgan fingerprint density at radius 3 is 2.45 bits per heavy atom. The molecule has 31 heavy (non-hydrogen) atoms. The fourth-order valence-corrected chi connectivity index (χ4v) is 4.25. The third-order valence-electron chi connectivity index (χ3n) is 6.20. The van der Waals surface area contributed by atoms with E-state index in [1.165, 1.54) is 5.56 Å². The molecule has 162 valence electrons. The van der Waals surface area contributed by atoms with Crippen molar-refractivity contribution in [2.75, 3.05) is 11.9 Å². The lowest BCUT2D eigenvalue weighted by Crippen LogP contribution is -2.41. The SMILES string of the molecule is CC(=O)N1CCc2ccccc2C1CC(=O)NC(C)c1ccc(NC(=O)C2CC2)cc1. The van der Waals surface area contributed by atoms with Crippen LogP contribution in [0.25, 0.3) is 0 Å². The van der Waals surface area contributed by atoms with Crippen molar-refractivity contribution in [3.63, 3.8) is 0 Å². The molecule has 0 radical (unpaired) electrons. The molecule has 2 N–H and O–H groups in total. The van der Waals surface area contributed by atoms with Crippen molar-refractivity contribution in [3.05, 3.63) is 65.2 Å². The second-order valence-electron chi connectivity index (χ2n) is 8.56. The summed E-state index contributed by atoms with van der Waals surface area (Å²) in [4.78, 5) is 38.7. The van der Waals surface area contributed by atoms with Gasteiger partial charge in [-0.15, -0.1) is 0 Å². The molecule has 0 aromatic heterocycles. The summed E-state index contributed by atoms with van der Waals surface area (Å²) in [5, 5.41) is 5.98. The molecule has 1 fully saturated rings. The topological polar surface area (TPSA) is 78.5 Å². The molecule has 6 heteroatoms. The van der Waals surface area contributed by atoms with Gasteiger partial charge in [0.2, 0.25) is 17.7 Å². The van der Waals surface area contributed by atoms with E-state index in [9.17, 15) is 14.4 Å². The van der Waals surface area contributed by atoms with E-state index >= 15 is 0 Å². The summed E-state index contributed by atoms with van der Waals surface area (Å²) in [7, 11) is 0. The number of fused-ring (bicyclic) bond motifs is 1. The van der Waals surface area contributed by atoms with Crippen molar-refractivity contribution in [3.8, 4) is 0 Å². The van der Waals surface area contributed by atoms with Gasteiger partial charge in [-0.3, -0.25) is 14.4 Å². The van der Waals surface area contributed by atoms with Crippen molar-refractivity contribution in [2.24, 2.45) is 5.92 Å². The number of anilines is 1. The van der Waals surface area contributed by atoms with E-state index in [1.54, 1.807) is 11.8 Å². The predicted octanol–water partition coefficient (Wildman–Crippen LogP) is 3.75. The van der Waals surface area contributed by atoms with E-state index in [0.717, 1.165) is 36.1 Å². The highest BCUT2D eigenvalue weighted by Gasteiger charge is 2.31. The Bertz CT molecular complexity index is 982. The number of carbonyl (C=O) groups excluding carboxylic acids is 3. The van der Waals surface area contributed by atoms with Gasteiger partial charge in [-0.1, -0.05) is 36.4 Å². The van der Waals surface area contributed by atoms with Crippen LogP contribution in [0.15, 0.2) is 48.5 Å². The first-order chi connectivity index (χ1) is 14.9.